The zero-order valence-corrected chi connectivity index (χ0v) is 8.06. The molecule has 0 saturated heterocycles. The van der Waals surface area contributed by atoms with Crippen LogP contribution in [0.5, 0.6) is 0 Å². The summed E-state index contributed by atoms with van der Waals surface area (Å²) < 4.78 is 0. The predicted octanol–water partition coefficient (Wildman–Crippen LogP) is 1.36. The predicted molar refractivity (Wildman–Crippen MR) is 49.1 cm³/mol. The highest BCUT2D eigenvalue weighted by Crippen LogP contribution is 1.94. The molecule has 0 radical (unpaired) electrons. The van der Waals surface area contributed by atoms with E-state index in [1.165, 1.54) is 0 Å². The van der Waals surface area contributed by atoms with Gasteiger partial charge in [-0.1, -0.05) is 13.3 Å². The molecule has 0 aromatic rings. The Morgan fingerprint density at radius 1 is 1.45 bits per heavy atom. The Morgan fingerprint density at radius 2 is 2.09 bits per heavy atom. The van der Waals surface area contributed by atoms with Crippen LogP contribution in [-0.2, 0) is 0 Å². The summed E-state index contributed by atoms with van der Waals surface area (Å²) in [6, 6.07) is 0. The van der Waals surface area contributed by atoms with Crippen molar-refractivity contribution in [3.05, 3.63) is 0 Å². The first-order valence-corrected chi connectivity index (χ1v) is 4.63. The summed E-state index contributed by atoms with van der Waals surface area (Å²) in [6.45, 7) is 5.42. The summed E-state index contributed by atoms with van der Waals surface area (Å²) in [5.41, 5.74) is 0. The first-order chi connectivity index (χ1) is 5.16. The molecule has 2 N–H and O–H groups in total. The maximum Gasteiger partial charge on any atom is 0.0664 e. The van der Waals surface area contributed by atoms with E-state index in [4.69, 9.17) is 11.6 Å². The van der Waals surface area contributed by atoms with Crippen molar-refractivity contribution in [3.63, 3.8) is 0 Å². The minimum absolute atomic E-state index is 0.142. The fourth-order valence-corrected chi connectivity index (χ4v) is 0.993. The number of halogens is 1. The lowest BCUT2D eigenvalue weighted by atomic mass is 10.2. The topological polar surface area (TPSA) is 32.3 Å². The maximum absolute atomic E-state index is 9.26. The Kier molecular flexibility index (Phi) is 7.02. The number of hydrogen-bond donors (Lipinski definition) is 2. The Morgan fingerprint density at radius 3 is 2.55 bits per heavy atom. The Labute approximate surface area is 73.9 Å². The molecule has 0 spiro atoms. The van der Waals surface area contributed by atoms with Crippen LogP contribution < -0.4 is 5.32 Å². The molecule has 11 heavy (non-hydrogen) atoms. The summed E-state index contributed by atoms with van der Waals surface area (Å²) in [5, 5.41) is 12.5. The van der Waals surface area contributed by atoms with Crippen molar-refractivity contribution in [3.8, 4) is 0 Å². The van der Waals surface area contributed by atoms with Crippen molar-refractivity contribution in [1.82, 2.24) is 5.32 Å². The molecule has 0 amide bonds. The monoisotopic (exact) mass is 179 g/mol. The van der Waals surface area contributed by atoms with Crippen LogP contribution in [-0.4, -0.2) is 29.7 Å². The fraction of sp³-hybridized carbons (Fsp3) is 1.00. The summed E-state index contributed by atoms with van der Waals surface area (Å²) in [7, 11) is 0. The third-order valence-electron chi connectivity index (χ3n) is 1.43. The van der Waals surface area contributed by atoms with Gasteiger partial charge in [0, 0.05) is 18.5 Å². The summed E-state index contributed by atoms with van der Waals surface area (Å²) in [5.74, 6) is 0. The van der Waals surface area contributed by atoms with Gasteiger partial charge in [0.1, 0.15) is 0 Å². The maximum atomic E-state index is 9.26. The van der Waals surface area contributed by atoms with Gasteiger partial charge in [-0.3, -0.25) is 0 Å². The minimum Gasteiger partial charge on any atom is -0.392 e. The molecule has 0 fully saturated rings. The normalized spacial score (nSPS) is 16.4. The van der Waals surface area contributed by atoms with E-state index in [0.717, 1.165) is 19.4 Å². The van der Waals surface area contributed by atoms with E-state index >= 15 is 0 Å². The third kappa shape index (κ3) is 8.11. The lowest BCUT2D eigenvalue weighted by Gasteiger charge is -2.10. The van der Waals surface area contributed by atoms with Crippen LogP contribution in [0.1, 0.15) is 26.7 Å². The van der Waals surface area contributed by atoms with E-state index in [-0.39, 0.29) is 11.5 Å². The van der Waals surface area contributed by atoms with Gasteiger partial charge in [0.2, 0.25) is 0 Å². The quantitative estimate of drug-likeness (QED) is 0.604. The van der Waals surface area contributed by atoms with Crippen LogP contribution in [0.4, 0.5) is 0 Å². The molecular weight excluding hydrogens is 162 g/mol. The van der Waals surface area contributed by atoms with Crippen molar-refractivity contribution in [1.29, 1.82) is 0 Å². The fourth-order valence-electron chi connectivity index (χ4n) is 0.884. The molecule has 0 aromatic carbocycles. The molecule has 0 heterocycles. The van der Waals surface area contributed by atoms with Gasteiger partial charge < -0.3 is 10.4 Å². The van der Waals surface area contributed by atoms with Gasteiger partial charge in [-0.15, -0.1) is 11.6 Å². The smallest absolute Gasteiger partial charge is 0.0664 e. The third-order valence-corrected chi connectivity index (χ3v) is 1.58. The molecule has 0 aliphatic rings. The molecular formula is C8H18ClNO. The van der Waals surface area contributed by atoms with Crippen LogP contribution in [0.3, 0.4) is 0 Å². The molecule has 2 atom stereocenters. The first-order valence-electron chi connectivity index (χ1n) is 4.19. The van der Waals surface area contributed by atoms with E-state index in [0.29, 0.717) is 6.54 Å². The van der Waals surface area contributed by atoms with E-state index in [2.05, 4.69) is 12.2 Å². The molecule has 2 nitrogen and oxygen atoms in total. The SMILES string of the molecule is CCC[C@H](O)CNC[C@H](C)Cl. The highest BCUT2D eigenvalue weighted by molar-refractivity contribution is 6.20. The molecule has 0 unspecified atom stereocenters. The van der Waals surface area contributed by atoms with Crippen LogP contribution >= 0.6 is 11.6 Å². The second kappa shape index (κ2) is 6.89. The number of aliphatic hydroxyl groups is 1. The summed E-state index contributed by atoms with van der Waals surface area (Å²) in [4.78, 5) is 0. The van der Waals surface area contributed by atoms with Crippen molar-refractivity contribution in [2.75, 3.05) is 13.1 Å². The number of alkyl halides is 1. The Balaban J connectivity index is 3.10. The van der Waals surface area contributed by atoms with E-state index in [9.17, 15) is 5.11 Å². The highest BCUT2D eigenvalue weighted by atomic mass is 35.5. The summed E-state index contributed by atoms with van der Waals surface area (Å²) >= 11 is 5.69. The average Bonchev–Trinajstić information content (AvgIpc) is 1.87. The van der Waals surface area contributed by atoms with Crippen LogP contribution in [0.25, 0.3) is 0 Å². The average molecular weight is 180 g/mol. The molecule has 68 valence electrons. The van der Waals surface area contributed by atoms with Crippen molar-refractivity contribution >= 4 is 11.6 Å². The van der Waals surface area contributed by atoms with Gasteiger partial charge >= 0.3 is 0 Å². The van der Waals surface area contributed by atoms with Gasteiger partial charge in [0.15, 0.2) is 0 Å². The molecule has 0 aliphatic carbocycles. The second-order valence-corrected chi connectivity index (χ2v) is 3.63. The van der Waals surface area contributed by atoms with Crippen molar-refractivity contribution in [2.24, 2.45) is 0 Å². The first kappa shape index (κ1) is 11.2. The van der Waals surface area contributed by atoms with Crippen molar-refractivity contribution in [2.45, 2.75) is 38.2 Å². The van der Waals surface area contributed by atoms with Gasteiger partial charge in [0.05, 0.1) is 6.10 Å². The minimum atomic E-state index is -0.213. The Bertz CT molecular complexity index is 88.2. The summed E-state index contributed by atoms with van der Waals surface area (Å²) in [6.07, 6.45) is 1.68. The number of nitrogens with one attached hydrogen (secondary N) is 1. The van der Waals surface area contributed by atoms with Gasteiger partial charge in [-0.2, -0.15) is 0 Å². The second-order valence-electron chi connectivity index (χ2n) is 2.88. The molecule has 0 saturated carbocycles. The number of rotatable bonds is 6. The molecule has 0 rings (SSSR count). The number of hydrogen-bond acceptors (Lipinski definition) is 2. The zero-order valence-electron chi connectivity index (χ0n) is 7.31. The molecule has 0 aliphatic heterocycles. The molecule has 3 heteroatoms. The molecule has 0 aromatic heterocycles. The Hall–Kier alpha value is 0.210. The van der Waals surface area contributed by atoms with E-state index in [1.807, 2.05) is 6.92 Å². The van der Waals surface area contributed by atoms with E-state index < -0.39 is 0 Å². The largest absolute Gasteiger partial charge is 0.392 e. The lowest BCUT2D eigenvalue weighted by Crippen LogP contribution is -2.30. The van der Waals surface area contributed by atoms with Gasteiger partial charge in [-0.25, -0.2) is 0 Å². The standard InChI is InChI=1S/C8H18ClNO/c1-3-4-8(11)6-10-5-7(2)9/h7-8,10-11H,3-6H2,1-2H3/t7-,8-/m0/s1. The highest BCUT2D eigenvalue weighted by Gasteiger charge is 2.01. The van der Waals surface area contributed by atoms with Crippen LogP contribution in [0.2, 0.25) is 0 Å². The van der Waals surface area contributed by atoms with E-state index in [1.54, 1.807) is 0 Å². The van der Waals surface area contributed by atoms with Crippen LogP contribution in [0.15, 0.2) is 0 Å². The lowest BCUT2D eigenvalue weighted by molar-refractivity contribution is 0.161. The van der Waals surface area contributed by atoms with Crippen LogP contribution in [0, 0.1) is 0 Å². The number of aliphatic hydroxyl groups excluding tert-OH is 1. The van der Waals surface area contributed by atoms with Gasteiger partial charge in [-0.05, 0) is 13.3 Å². The molecule has 0 bridgehead atoms. The van der Waals surface area contributed by atoms with Gasteiger partial charge in [0.25, 0.3) is 0 Å². The van der Waals surface area contributed by atoms with Crippen molar-refractivity contribution < 1.29 is 5.11 Å². The zero-order chi connectivity index (χ0) is 8.69.